The van der Waals surface area contributed by atoms with Crippen LogP contribution in [0.5, 0.6) is 5.75 Å². The van der Waals surface area contributed by atoms with Gasteiger partial charge in [-0.05, 0) is 19.1 Å². The maximum Gasteiger partial charge on any atom is 0.128 e. The van der Waals surface area contributed by atoms with Gasteiger partial charge in [-0.2, -0.15) is 5.10 Å². The zero-order valence-corrected chi connectivity index (χ0v) is 14.2. The van der Waals surface area contributed by atoms with Gasteiger partial charge in [-0.15, -0.1) is 5.10 Å². The van der Waals surface area contributed by atoms with Crippen molar-refractivity contribution in [3.05, 3.63) is 102 Å². The fourth-order valence-electron chi connectivity index (χ4n) is 2.50. The molecule has 0 saturated carbocycles. The van der Waals surface area contributed by atoms with Gasteiger partial charge in [-0.1, -0.05) is 72.8 Å². The zero-order valence-electron chi connectivity index (χ0n) is 14.2. The lowest BCUT2D eigenvalue weighted by molar-refractivity contribution is 0.340. The normalized spacial score (nSPS) is 10.6. The summed E-state index contributed by atoms with van der Waals surface area (Å²) < 4.78 is 5.62. The van der Waals surface area contributed by atoms with Gasteiger partial charge in [-0.25, -0.2) is 0 Å². The minimum Gasteiger partial charge on any atom is -0.493 e. The summed E-state index contributed by atoms with van der Waals surface area (Å²) in [5, 5.41) is 8.81. The summed E-state index contributed by atoms with van der Waals surface area (Å²) in [5.74, 6) is 0.810. The summed E-state index contributed by atoms with van der Waals surface area (Å²) in [4.78, 5) is 0. The van der Waals surface area contributed by atoms with Gasteiger partial charge in [0.25, 0.3) is 0 Å². The lowest BCUT2D eigenvalue weighted by Crippen LogP contribution is -2.02. The van der Waals surface area contributed by atoms with Gasteiger partial charge in [0.2, 0.25) is 0 Å². The van der Waals surface area contributed by atoms with Crippen LogP contribution in [0.1, 0.15) is 23.6 Å². The number of benzene rings is 3. The monoisotopic (exact) mass is 328 g/mol. The van der Waals surface area contributed by atoms with E-state index < -0.39 is 0 Å². The van der Waals surface area contributed by atoms with E-state index in [9.17, 15) is 0 Å². The average Bonchev–Trinajstić information content (AvgIpc) is 2.68. The summed E-state index contributed by atoms with van der Waals surface area (Å²) in [5.41, 5.74) is 3.81. The summed E-state index contributed by atoms with van der Waals surface area (Å²) in [7, 11) is 0. The van der Waals surface area contributed by atoms with Gasteiger partial charge in [0, 0.05) is 16.7 Å². The van der Waals surface area contributed by atoms with E-state index in [-0.39, 0.29) is 0 Å². The van der Waals surface area contributed by atoms with Crippen LogP contribution < -0.4 is 4.74 Å². The first-order chi connectivity index (χ1) is 12.4. The van der Waals surface area contributed by atoms with Crippen LogP contribution in [0.2, 0.25) is 0 Å². The van der Waals surface area contributed by atoms with Crippen molar-refractivity contribution in [2.75, 3.05) is 6.61 Å². The molecule has 0 bridgehead atoms. The lowest BCUT2D eigenvalue weighted by Gasteiger charge is -2.06. The van der Waals surface area contributed by atoms with E-state index in [2.05, 4.69) is 10.2 Å². The molecular weight excluding hydrogens is 308 g/mol. The second-order valence-corrected chi connectivity index (χ2v) is 5.40. The third-order valence-corrected chi connectivity index (χ3v) is 3.67. The lowest BCUT2D eigenvalue weighted by atomic mass is 10.0. The van der Waals surface area contributed by atoms with Crippen molar-refractivity contribution in [2.45, 2.75) is 6.92 Å². The Morgan fingerprint density at radius 2 is 1.36 bits per heavy atom. The third kappa shape index (κ3) is 4.42. The summed E-state index contributed by atoms with van der Waals surface area (Å²) in [6.07, 6.45) is 1.73. The Morgan fingerprint density at radius 3 is 1.96 bits per heavy atom. The topological polar surface area (TPSA) is 34.0 Å². The Labute approximate surface area is 148 Å². The van der Waals surface area contributed by atoms with Gasteiger partial charge in [-0.3, -0.25) is 0 Å². The predicted molar refractivity (Wildman–Crippen MR) is 104 cm³/mol. The molecule has 0 spiro atoms. The van der Waals surface area contributed by atoms with Gasteiger partial charge < -0.3 is 4.74 Å². The minimum absolute atomic E-state index is 0.618. The highest BCUT2D eigenvalue weighted by molar-refractivity contribution is 6.12. The molecule has 0 unspecified atom stereocenters. The first-order valence-electron chi connectivity index (χ1n) is 8.32. The molecule has 3 aromatic carbocycles. The number of rotatable bonds is 6. The first kappa shape index (κ1) is 16.7. The Bertz CT molecular complexity index is 814. The molecule has 0 radical (unpaired) electrons. The predicted octanol–water partition coefficient (Wildman–Crippen LogP) is 4.96. The van der Waals surface area contributed by atoms with Crippen LogP contribution in [0.25, 0.3) is 0 Å². The van der Waals surface area contributed by atoms with Crippen LogP contribution in [0, 0.1) is 0 Å². The molecule has 3 aromatic rings. The maximum absolute atomic E-state index is 5.62. The van der Waals surface area contributed by atoms with Crippen molar-refractivity contribution < 1.29 is 4.74 Å². The molecule has 0 aromatic heterocycles. The third-order valence-electron chi connectivity index (χ3n) is 3.67. The highest BCUT2D eigenvalue weighted by Crippen LogP contribution is 2.16. The molecule has 124 valence electrons. The Hall–Kier alpha value is -3.20. The second kappa shape index (κ2) is 8.60. The number of nitrogens with zero attached hydrogens (tertiary/aromatic N) is 2. The Kier molecular flexibility index (Phi) is 5.73. The van der Waals surface area contributed by atoms with Crippen LogP contribution in [0.4, 0.5) is 0 Å². The zero-order chi connectivity index (χ0) is 17.3. The molecule has 3 heteroatoms. The van der Waals surface area contributed by atoms with Crippen molar-refractivity contribution in [2.24, 2.45) is 10.2 Å². The van der Waals surface area contributed by atoms with Crippen LogP contribution in [0.3, 0.4) is 0 Å². The quantitative estimate of drug-likeness (QED) is 0.465. The van der Waals surface area contributed by atoms with Gasteiger partial charge in [0.15, 0.2) is 0 Å². The minimum atomic E-state index is 0.618. The van der Waals surface area contributed by atoms with Crippen LogP contribution >= 0.6 is 0 Å². The number of hydrogen-bond acceptors (Lipinski definition) is 3. The molecule has 3 rings (SSSR count). The van der Waals surface area contributed by atoms with E-state index in [1.165, 1.54) is 0 Å². The molecule has 25 heavy (non-hydrogen) atoms. The Balaban J connectivity index is 1.95. The van der Waals surface area contributed by atoms with E-state index in [0.717, 1.165) is 28.2 Å². The fraction of sp³-hybridized carbons (Fsp3) is 0.0909. The molecule has 3 nitrogen and oxygen atoms in total. The SMILES string of the molecule is CCOc1ccccc1C=NN=C(c1ccccc1)c1ccccc1. The van der Waals surface area contributed by atoms with Gasteiger partial charge in [0.05, 0.1) is 12.8 Å². The summed E-state index contributed by atoms with van der Waals surface area (Å²) in [6.45, 7) is 2.59. The van der Waals surface area contributed by atoms with E-state index in [1.807, 2.05) is 91.9 Å². The van der Waals surface area contributed by atoms with E-state index in [4.69, 9.17) is 4.74 Å². The van der Waals surface area contributed by atoms with Crippen molar-refractivity contribution in [1.29, 1.82) is 0 Å². The largest absolute Gasteiger partial charge is 0.493 e. The van der Waals surface area contributed by atoms with E-state index in [0.29, 0.717) is 6.61 Å². The van der Waals surface area contributed by atoms with Crippen LogP contribution in [0.15, 0.2) is 95.1 Å². The number of para-hydroxylation sites is 1. The van der Waals surface area contributed by atoms with Crippen molar-refractivity contribution >= 4 is 11.9 Å². The maximum atomic E-state index is 5.62. The van der Waals surface area contributed by atoms with Crippen molar-refractivity contribution in [1.82, 2.24) is 0 Å². The van der Waals surface area contributed by atoms with Crippen LogP contribution in [-0.2, 0) is 0 Å². The Morgan fingerprint density at radius 1 is 0.800 bits per heavy atom. The van der Waals surface area contributed by atoms with Crippen LogP contribution in [-0.4, -0.2) is 18.5 Å². The van der Waals surface area contributed by atoms with E-state index in [1.54, 1.807) is 6.21 Å². The number of hydrogen-bond donors (Lipinski definition) is 0. The molecule has 0 heterocycles. The average molecular weight is 328 g/mol. The molecule has 0 amide bonds. The standard InChI is InChI=1S/C22H20N2O/c1-2-25-21-16-10-9-15-20(21)17-23-24-22(18-11-5-3-6-12-18)19-13-7-4-8-14-19/h3-17H,2H2,1H3. The molecule has 0 N–H and O–H groups in total. The van der Waals surface area contributed by atoms with Crippen molar-refractivity contribution in [3.8, 4) is 5.75 Å². The molecule has 0 fully saturated rings. The van der Waals surface area contributed by atoms with Gasteiger partial charge in [0.1, 0.15) is 11.5 Å². The molecule has 0 atom stereocenters. The molecule has 0 saturated heterocycles. The summed E-state index contributed by atoms with van der Waals surface area (Å²) in [6, 6.07) is 28.0. The van der Waals surface area contributed by atoms with Crippen molar-refractivity contribution in [3.63, 3.8) is 0 Å². The highest BCUT2D eigenvalue weighted by Gasteiger charge is 2.06. The molecule has 0 aliphatic rings. The number of ether oxygens (including phenoxy) is 1. The van der Waals surface area contributed by atoms with Gasteiger partial charge >= 0.3 is 0 Å². The second-order valence-electron chi connectivity index (χ2n) is 5.40. The molecule has 0 aliphatic heterocycles. The fourth-order valence-corrected chi connectivity index (χ4v) is 2.50. The highest BCUT2D eigenvalue weighted by atomic mass is 16.5. The van der Waals surface area contributed by atoms with E-state index >= 15 is 0 Å². The molecular formula is C22H20N2O. The smallest absolute Gasteiger partial charge is 0.128 e. The first-order valence-corrected chi connectivity index (χ1v) is 8.32. The summed E-state index contributed by atoms with van der Waals surface area (Å²) >= 11 is 0. The molecule has 0 aliphatic carbocycles.